The van der Waals surface area contributed by atoms with E-state index in [1.165, 1.54) is 7.11 Å². The molecule has 0 saturated heterocycles. The van der Waals surface area contributed by atoms with Crippen LogP contribution in [0.1, 0.15) is 22.8 Å². The van der Waals surface area contributed by atoms with E-state index in [0.717, 1.165) is 11.3 Å². The van der Waals surface area contributed by atoms with E-state index >= 15 is 0 Å². The maximum atomic E-state index is 12.2. The van der Waals surface area contributed by atoms with Gasteiger partial charge in [0, 0.05) is 5.69 Å². The Labute approximate surface area is 123 Å². The van der Waals surface area contributed by atoms with Crippen LogP contribution in [0.25, 0.3) is 0 Å². The van der Waals surface area contributed by atoms with Crippen molar-refractivity contribution in [1.29, 1.82) is 0 Å². The average Bonchev–Trinajstić information content (AvgIpc) is 2.54. The van der Waals surface area contributed by atoms with Gasteiger partial charge in [-0.2, -0.15) is 5.10 Å². The van der Waals surface area contributed by atoms with Crippen molar-refractivity contribution in [2.45, 2.75) is 6.92 Å². The fourth-order valence-corrected chi connectivity index (χ4v) is 1.90. The van der Waals surface area contributed by atoms with Gasteiger partial charge < -0.3 is 15.9 Å². The molecule has 0 fully saturated rings. The van der Waals surface area contributed by atoms with Gasteiger partial charge in [0.15, 0.2) is 0 Å². The second kappa shape index (κ2) is 6.56. The molecular weight excluding hydrogens is 266 g/mol. The number of hydrazone groups is 1. The van der Waals surface area contributed by atoms with E-state index in [2.05, 4.69) is 10.4 Å². The van der Waals surface area contributed by atoms with Crippen LogP contribution < -0.4 is 15.9 Å². The molecule has 0 unspecified atom stereocenters. The fourth-order valence-electron chi connectivity index (χ4n) is 1.90. The number of nitrogens with zero attached hydrogens (tertiary/aromatic N) is 1. The van der Waals surface area contributed by atoms with Crippen LogP contribution in [0.5, 0.6) is 5.75 Å². The van der Waals surface area contributed by atoms with E-state index in [1.54, 1.807) is 30.3 Å². The summed E-state index contributed by atoms with van der Waals surface area (Å²) in [6, 6.07) is 14.4. The van der Waals surface area contributed by atoms with Gasteiger partial charge in [-0.05, 0) is 36.8 Å². The summed E-state index contributed by atoms with van der Waals surface area (Å²) in [6.07, 6.45) is 0. The molecule has 108 valence electrons. The lowest BCUT2D eigenvalue weighted by Gasteiger charge is -2.09. The Bertz CT molecular complexity index is 663. The lowest BCUT2D eigenvalue weighted by Crippen LogP contribution is -2.13. The van der Waals surface area contributed by atoms with Gasteiger partial charge in [-0.1, -0.05) is 24.3 Å². The van der Waals surface area contributed by atoms with Crippen LogP contribution in [0.4, 0.5) is 5.69 Å². The lowest BCUT2D eigenvalue weighted by molar-refractivity contribution is 0.102. The first-order chi connectivity index (χ1) is 10.2. The minimum Gasteiger partial charge on any atom is -0.496 e. The van der Waals surface area contributed by atoms with E-state index in [-0.39, 0.29) is 5.91 Å². The van der Waals surface area contributed by atoms with E-state index in [0.29, 0.717) is 17.0 Å². The van der Waals surface area contributed by atoms with Crippen LogP contribution in [-0.2, 0) is 0 Å². The molecule has 2 aromatic rings. The Kier molecular flexibility index (Phi) is 4.56. The van der Waals surface area contributed by atoms with E-state index in [9.17, 15) is 4.79 Å². The Hall–Kier alpha value is -2.82. The van der Waals surface area contributed by atoms with Crippen molar-refractivity contribution in [2.75, 3.05) is 12.4 Å². The third kappa shape index (κ3) is 3.39. The third-order valence-corrected chi connectivity index (χ3v) is 3.11. The summed E-state index contributed by atoms with van der Waals surface area (Å²) in [7, 11) is 1.54. The number of para-hydroxylation sites is 1. The van der Waals surface area contributed by atoms with E-state index in [1.807, 2.05) is 25.1 Å². The van der Waals surface area contributed by atoms with Crippen LogP contribution in [0.15, 0.2) is 53.6 Å². The topological polar surface area (TPSA) is 76.7 Å². The van der Waals surface area contributed by atoms with Crippen molar-refractivity contribution in [3.63, 3.8) is 0 Å². The van der Waals surface area contributed by atoms with Gasteiger partial charge in [-0.3, -0.25) is 4.79 Å². The van der Waals surface area contributed by atoms with Gasteiger partial charge in [0.1, 0.15) is 5.75 Å². The van der Waals surface area contributed by atoms with Crippen molar-refractivity contribution >= 4 is 17.3 Å². The summed E-state index contributed by atoms with van der Waals surface area (Å²) in [5.41, 5.74) is 2.83. The molecule has 3 N–H and O–H groups in total. The van der Waals surface area contributed by atoms with Crippen molar-refractivity contribution in [3.8, 4) is 5.75 Å². The number of carbonyl (C=O) groups excluding carboxylic acids is 1. The van der Waals surface area contributed by atoms with Crippen molar-refractivity contribution in [1.82, 2.24) is 0 Å². The summed E-state index contributed by atoms with van der Waals surface area (Å²) >= 11 is 0. The highest BCUT2D eigenvalue weighted by molar-refractivity contribution is 6.06. The highest BCUT2D eigenvalue weighted by Gasteiger charge is 2.11. The SMILES string of the molecule is COc1ccccc1C(=O)Nc1ccc(/C(C)=N\N)cc1. The molecule has 0 atom stereocenters. The molecule has 1 amide bonds. The first-order valence-corrected chi connectivity index (χ1v) is 6.45. The minimum atomic E-state index is -0.218. The summed E-state index contributed by atoms with van der Waals surface area (Å²) in [5.74, 6) is 5.56. The summed E-state index contributed by atoms with van der Waals surface area (Å²) < 4.78 is 5.18. The highest BCUT2D eigenvalue weighted by Crippen LogP contribution is 2.19. The number of amides is 1. The van der Waals surface area contributed by atoms with Crippen LogP contribution in [0.3, 0.4) is 0 Å². The molecule has 2 rings (SSSR count). The predicted octanol–water partition coefficient (Wildman–Crippen LogP) is 2.63. The number of rotatable bonds is 4. The molecule has 0 aliphatic carbocycles. The molecule has 5 nitrogen and oxygen atoms in total. The van der Waals surface area contributed by atoms with Crippen LogP contribution in [0.2, 0.25) is 0 Å². The van der Waals surface area contributed by atoms with E-state index in [4.69, 9.17) is 10.6 Å². The standard InChI is InChI=1S/C16H17N3O2/c1-11(19-17)12-7-9-13(10-8-12)18-16(20)14-5-3-4-6-15(14)21-2/h3-10H,17H2,1-2H3,(H,18,20)/b19-11-. The normalized spacial score (nSPS) is 11.0. The van der Waals surface area contributed by atoms with Crippen LogP contribution in [-0.4, -0.2) is 18.7 Å². The van der Waals surface area contributed by atoms with Crippen molar-refractivity contribution in [2.24, 2.45) is 10.9 Å². The van der Waals surface area contributed by atoms with Crippen LogP contribution in [0, 0.1) is 0 Å². The third-order valence-electron chi connectivity index (χ3n) is 3.11. The average molecular weight is 283 g/mol. The molecule has 0 bridgehead atoms. The Morgan fingerprint density at radius 2 is 1.81 bits per heavy atom. The zero-order valence-electron chi connectivity index (χ0n) is 12.0. The maximum absolute atomic E-state index is 12.2. The molecule has 0 heterocycles. The summed E-state index contributed by atoms with van der Waals surface area (Å²) in [6.45, 7) is 1.82. The van der Waals surface area contributed by atoms with Gasteiger partial charge in [0.25, 0.3) is 5.91 Å². The van der Waals surface area contributed by atoms with E-state index < -0.39 is 0 Å². The fraction of sp³-hybridized carbons (Fsp3) is 0.125. The number of hydrogen-bond acceptors (Lipinski definition) is 4. The second-order valence-corrected chi connectivity index (χ2v) is 4.45. The zero-order chi connectivity index (χ0) is 15.2. The number of benzene rings is 2. The first kappa shape index (κ1) is 14.6. The maximum Gasteiger partial charge on any atom is 0.259 e. The zero-order valence-corrected chi connectivity index (χ0v) is 12.0. The van der Waals surface area contributed by atoms with Gasteiger partial charge in [-0.25, -0.2) is 0 Å². The Morgan fingerprint density at radius 3 is 2.43 bits per heavy atom. The number of carbonyl (C=O) groups is 1. The largest absolute Gasteiger partial charge is 0.496 e. The molecular formula is C16H17N3O2. The molecule has 21 heavy (non-hydrogen) atoms. The molecule has 0 aliphatic rings. The minimum absolute atomic E-state index is 0.218. The van der Waals surface area contributed by atoms with Gasteiger partial charge in [0.05, 0.1) is 18.4 Å². The number of nitrogens with one attached hydrogen (secondary N) is 1. The van der Waals surface area contributed by atoms with Gasteiger partial charge in [0.2, 0.25) is 0 Å². The number of anilines is 1. The molecule has 0 saturated carbocycles. The molecule has 0 radical (unpaired) electrons. The molecule has 0 aromatic heterocycles. The van der Waals surface area contributed by atoms with Crippen molar-refractivity contribution in [3.05, 3.63) is 59.7 Å². The summed E-state index contributed by atoms with van der Waals surface area (Å²) in [4.78, 5) is 12.2. The smallest absolute Gasteiger partial charge is 0.259 e. The predicted molar refractivity (Wildman–Crippen MR) is 83.8 cm³/mol. The molecule has 5 heteroatoms. The quantitative estimate of drug-likeness (QED) is 0.514. The Morgan fingerprint density at radius 1 is 1.14 bits per heavy atom. The van der Waals surface area contributed by atoms with Gasteiger partial charge >= 0.3 is 0 Å². The number of nitrogens with two attached hydrogens (primary N) is 1. The second-order valence-electron chi connectivity index (χ2n) is 4.45. The highest BCUT2D eigenvalue weighted by atomic mass is 16.5. The Balaban J connectivity index is 2.16. The number of ether oxygens (including phenoxy) is 1. The molecule has 0 spiro atoms. The number of hydrogen-bond donors (Lipinski definition) is 2. The monoisotopic (exact) mass is 283 g/mol. The van der Waals surface area contributed by atoms with Crippen molar-refractivity contribution < 1.29 is 9.53 Å². The molecule has 2 aromatic carbocycles. The van der Waals surface area contributed by atoms with Crippen LogP contribution >= 0.6 is 0 Å². The molecule has 0 aliphatic heterocycles. The first-order valence-electron chi connectivity index (χ1n) is 6.45. The van der Waals surface area contributed by atoms with Gasteiger partial charge in [-0.15, -0.1) is 0 Å². The lowest BCUT2D eigenvalue weighted by atomic mass is 10.1. The number of methoxy groups -OCH3 is 1. The summed E-state index contributed by atoms with van der Waals surface area (Å²) in [5, 5.41) is 6.46.